The van der Waals surface area contributed by atoms with Gasteiger partial charge in [0, 0.05) is 12.0 Å². The van der Waals surface area contributed by atoms with Crippen molar-refractivity contribution in [2.75, 3.05) is 6.61 Å². The van der Waals surface area contributed by atoms with Crippen LogP contribution in [0.4, 0.5) is 0 Å². The molecule has 2 rings (SSSR count). The molecule has 1 aromatic carbocycles. The van der Waals surface area contributed by atoms with Gasteiger partial charge in [0.25, 0.3) is 0 Å². The van der Waals surface area contributed by atoms with Crippen LogP contribution in [0.25, 0.3) is 0 Å². The number of hydrogen-bond acceptors (Lipinski definition) is 4. The minimum Gasteiger partial charge on any atom is -0.485 e. The van der Waals surface area contributed by atoms with Gasteiger partial charge in [0.2, 0.25) is 5.78 Å². The number of thiophene rings is 1. The van der Waals surface area contributed by atoms with Gasteiger partial charge in [-0.3, -0.25) is 9.59 Å². The molecule has 1 aromatic heterocycles. The summed E-state index contributed by atoms with van der Waals surface area (Å²) in [5, 5.41) is 1.86. The minimum absolute atomic E-state index is 0.0155. The van der Waals surface area contributed by atoms with E-state index >= 15 is 0 Å². The smallest absolute Gasteiger partial charge is 0.210 e. The van der Waals surface area contributed by atoms with Gasteiger partial charge in [0.1, 0.15) is 5.75 Å². The standard InChI is InChI=1S/C15H14O3S/c1-2-13(16)11-5-7-12(8-6-11)18-10-14(17)15-4-3-9-19-15/h3-9H,2,10H2,1H3. The number of ketones is 2. The lowest BCUT2D eigenvalue weighted by Gasteiger charge is -2.05. The van der Waals surface area contributed by atoms with Crippen molar-refractivity contribution in [3.05, 3.63) is 52.2 Å². The molecule has 0 aliphatic heterocycles. The normalized spacial score (nSPS) is 10.2. The molecule has 0 unspecified atom stereocenters. The molecule has 0 N–H and O–H groups in total. The van der Waals surface area contributed by atoms with E-state index < -0.39 is 0 Å². The zero-order valence-corrected chi connectivity index (χ0v) is 11.4. The highest BCUT2D eigenvalue weighted by Crippen LogP contribution is 2.15. The highest BCUT2D eigenvalue weighted by molar-refractivity contribution is 7.12. The molecule has 0 radical (unpaired) electrons. The van der Waals surface area contributed by atoms with Crippen molar-refractivity contribution in [2.24, 2.45) is 0 Å². The maximum absolute atomic E-state index is 11.7. The predicted molar refractivity (Wildman–Crippen MR) is 75.2 cm³/mol. The van der Waals surface area contributed by atoms with Crippen LogP contribution in [0.1, 0.15) is 33.4 Å². The molecule has 0 atom stereocenters. The summed E-state index contributed by atoms with van der Waals surface area (Å²) in [6.07, 6.45) is 0.483. The Bertz CT molecular complexity index is 556. The maximum atomic E-state index is 11.7. The summed E-state index contributed by atoms with van der Waals surface area (Å²) in [5.74, 6) is 0.655. The summed E-state index contributed by atoms with van der Waals surface area (Å²) in [5.41, 5.74) is 0.666. The zero-order valence-electron chi connectivity index (χ0n) is 10.6. The van der Waals surface area contributed by atoms with E-state index in [0.717, 1.165) is 0 Å². The van der Waals surface area contributed by atoms with Crippen LogP contribution in [0.3, 0.4) is 0 Å². The lowest BCUT2D eigenvalue weighted by atomic mass is 10.1. The number of benzene rings is 1. The summed E-state index contributed by atoms with van der Waals surface area (Å²) >= 11 is 1.40. The summed E-state index contributed by atoms with van der Waals surface area (Å²) in [7, 11) is 0. The molecule has 0 saturated heterocycles. The van der Waals surface area contributed by atoms with Crippen LogP contribution in [0.2, 0.25) is 0 Å². The highest BCUT2D eigenvalue weighted by Gasteiger charge is 2.08. The van der Waals surface area contributed by atoms with Gasteiger partial charge in [0.15, 0.2) is 12.4 Å². The Morgan fingerprint density at radius 2 is 1.84 bits per heavy atom. The fourth-order valence-electron chi connectivity index (χ4n) is 1.60. The van der Waals surface area contributed by atoms with E-state index in [4.69, 9.17) is 4.74 Å². The van der Waals surface area contributed by atoms with E-state index in [2.05, 4.69) is 0 Å². The summed E-state index contributed by atoms with van der Waals surface area (Å²) in [6, 6.07) is 10.5. The molecule has 0 saturated carbocycles. The average molecular weight is 274 g/mol. The van der Waals surface area contributed by atoms with Gasteiger partial charge in [-0.15, -0.1) is 11.3 Å². The van der Waals surface area contributed by atoms with Crippen molar-refractivity contribution in [3.63, 3.8) is 0 Å². The molecule has 3 nitrogen and oxygen atoms in total. The van der Waals surface area contributed by atoms with Gasteiger partial charge in [-0.05, 0) is 35.7 Å². The van der Waals surface area contributed by atoms with Gasteiger partial charge < -0.3 is 4.74 Å². The van der Waals surface area contributed by atoms with Gasteiger partial charge in [-0.25, -0.2) is 0 Å². The Morgan fingerprint density at radius 3 is 2.42 bits per heavy atom. The average Bonchev–Trinajstić information content (AvgIpc) is 2.98. The minimum atomic E-state index is -0.0382. The van der Waals surface area contributed by atoms with Gasteiger partial charge in [-0.2, -0.15) is 0 Å². The lowest BCUT2D eigenvalue weighted by molar-refractivity contribution is 0.0924. The van der Waals surface area contributed by atoms with Crippen molar-refractivity contribution in [1.82, 2.24) is 0 Å². The predicted octanol–water partition coefficient (Wildman–Crippen LogP) is 3.60. The van der Waals surface area contributed by atoms with E-state index in [0.29, 0.717) is 22.6 Å². The molecule has 2 aromatic rings. The fourth-order valence-corrected chi connectivity index (χ4v) is 2.25. The first-order valence-corrected chi connectivity index (χ1v) is 6.91. The van der Waals surface area contributed by atoms with E-state index in [1.807, 2.05) is 18.4 Å². The molecule has 4 heteroatoms. The van der Waals surface area contributed by atoms with Crippen molar-refractivity contribution in [3.8, 4) is 5.75 Å². The zero-order chi connectivity index (χ0) is 13.7. The summed E-state index contributed by atoms with van der Waals surface area (Å²) in [6.45, 7) is 1.84. The second-order valence-electron chi connectivity index (χ2n) is 3.99. The molecule has 0 amide bonds. The Morgan fingerprint density at radius 1 is 1.11 bits per heavy atom. The highest BCUT2D eigenvalue weighted by atomic mass is 32.1. The molecular formula is C15H14O3S. The quantitative estimate of drug-likeness (QED) is 0.756. The third kappa shape index (κ3) is 3.51. The SMILES string of the molecule is CCC(=O)c1ccc(OCC(=O)c2cccs2)cc1. The first-order chi connectivity index (χ1) is 9.20. The second-order valence-corrected chi connectivity index (χ2v) is 4.94. The molecule has 0 aliphatic carbocycles. The monoisotopic (exact) mass is 274 g/mol. The van der Waals surface area contributed by atoms with Crippen LogP contribution in [0.5, 0.6) is 5.75 Å². The van der Waals surface area contributed by atoms with E-state index in [-0.39, 0.29) is 18.2 Å². The van der Waals surface area contributed by atoms with Crippen molar-refractivity contribution in [2.45, 2.75) is 13.3 Å². The lowest BCUT2D eigenvalue weighted by Crippen LogP contribution is -2.10. The fraction of sp³-hybridized carbons (Fsp3) is 0.200. The van der Waals surface area contributed by atoms with E-state index in [9.17, 15) is 9.59 Å². The first kappa shape index (κ1) is 13.5. The van der Waals surface area contributed by atoms with E-state index in [1.165, 1.54) is 11.3 Å². The van der Waals surface area contributed by atoms with Crippen LogP contribution in [0.15, 0.2) is 41.8 Å². The Kier molecular flexibility index (Phi) is 4.47. The van der Waals surface area contributed by atoms with Crippen LogP contribution in [-0.4, -0.2) is 18.2 Å². The number of ether oxygens (including phenoxy) is 1. The molecular weight excluding hydrogens is 260 g/mol. The van der Waals surface area contributed by atoms with Gasteiger partial charge in [-0.1, -0.05) is 13.0 Å². The third-order valence-electron chi connectivity index (χ3n) is 2.66. The van der Waals surface area contributed by atoms with E-state index in [1.54, 1.807) is 30.3 Å². The molecule has 0 spiro atoms. The number of rotatable bonds is 6. The molecule has 0 bridgehead atoms. The van der Waals surface area contributed by atoms with Crippen LogP contribution < -0.4 is 4.74 Å². The second kappa shape index (κ2) is 6.29. The van der Waals surface area contributed by atoms with Crippen molar-refractivity contribution in [1.29, 1.82) is 0 Å². The molecule has 1 heterocycles. The Balaban J connectivity index is 1.93. The number of hydrogen-bond donors (Lipinski definition) is 0. The Hall–Kier alpha value is -1.94. The maximum Gasteiger partial charge on any atom is 0.210 e. The van der Waals surface area contributed by atoms with Crippen LogP contribution in [-0.2, 0) is 0 Å². The third-order valence-corrected chi connectivity index (χ3v) is 3.57. The summed E-state index contributed by atoms with van der Waals surface area (Å²) in [4.78, 5) is 23.9. The molecule has 98 valence electrons. The summed E-state index contributed by atoms with van der Waals surface area (Å²) < 4.78 is 5.41. The van der Waals surface area contributed by atoms with Crippen LogP contribution >= 0.6 is 11.3 Å². The molecule has 0 fully saturated rings. The van der Waals surface area contributed by atoms with Gasteiger partial charge >= 0.3 is 0 Å². The Labute approximate surface area is 115 Å². The topological polar surface area (TPSA) is 43.4 Å². The largest absolute Gasteiger partial charge is 0.485 e. The van der Waals surface area contributed by atoms with Crippen molar-refractivity contribution >= 4 is 22.9 Å². The van der Waals surface area contributed by atoms with Crippen molar-refractivity contribution < 1.29 is 14.3 Å². The van der Waals surface area contributed by atoms with Gasteiger partial charge in [0.05, 0.1) is 4.88 Å². The first-order valence-electron chi connectivity index (χ1n) is 6.03. The molecule has 19 heavy (non-hydrogen) atoms. The molecule has 0 aliphatic rings. The number of Topliss-reactive ketones (excluding diaryl/α,β-unsaturated/α-hetero) is 2. The number of carbonyl (C=O) groups excluding carboxylic acids is 2. The van der Waals surface area contributed by atoms with Crippen LogP contribution in [0, 0.1) is 0 Å². The number of carbonyl (C=O) groups is 2.